The number of allylic oxidation sites excluding steroid dienone is 1. The van der Waals surface area contributed by atoms with E-state index in [0.29, 0.717) is 0 Å². The van der Waals surface area contributed by atoms with E-state index in [-0.39, 0.29) is 0 Å². The smallest absolute Gasteiger partial charge is 0.0323 e. The fourth-order valence-corrected chi connectivity index (χ4v) is 2.10. The van der Waals surface area contributed by atoms with Crippen LogP contribution < -0.4 is 0 Å². The topological polar surface area (TPSA) is 0 Å². The molecule has 0 amide bonds. The van der Waals surface area contributed by atoms with Crippen LogP contribution >= 0.6 is 0 Å². The quantitative estimate of drug-likeness (QED) is 0.468. The van der Waals surface area contributed by atoms with Gasteiger partial charge in [-0.05, 0) is 37.5 Å². The van der Waals surface area contributed by atoms with Crippen molar-refractivity contribution in [1.82, 2.24) is 0 Å². The lowest BCUT2D eigenvalue weighted by molar-refractivity contribution is 0.405. The van der Waals surface area contributed by atoms with Gasteiger partial charge < -0.3 is 0 Å². The van der Waals surface area contributed by atoms with Gasteiger partial charge in [0, 0.05) is 0 Å². The normalized spacial score (nSPS) is 13.2. The molecule has 0 heterocycles. The van der Waals surface area contributed by atoms with Crippen LogP contribution in [0.5, 0.6) is 0 Å². The summed E-state index contributed by atoms with van der Waals surface area (Å²) in [7, 11) is 0. The number of hydrogen-bond donors (Lipinski definition) is 0. The largest absolute Gasteiger partial charge is 0.0999 e. The van der Waals surface area contributed by atoms with Crippen molar-refractivity contribution in [2.24, 2.45) is 11.8 Å². The molecular weight excluding hydrogens is 168 g/mol. The Labute approximate surface area is 90.8 Å². The highest BCUT2D eigenvalue weighted by molar-refractivity contribution is 4.93. The maximum atomic E-state index is 4.10. The number of hydrogen-bond acceptors (Lipinski definition) is 0. The van der Waals surface area contributed by atoms with Gasteiger partial charge in [0.2, 0.25) is 0 Å². The molecule has 0 aromatic carbocycles. The second-order valence-electron chi connectivity index (χ2n) is 5.13. The highest BCUT2D eigenvalue weighted by Gasteiger charge is 2.04. The number of rotatable bonds is 8. The van der Waals surface area contributed by atoms with Gasteiger partial charge in [0.25, 0.3) is 0 Å². The van der Waals surface area contributed by atoms with E-state index < -0.39 is 0 Å². The van der Waals surface area contributed by atoms with Gasteiger partial charge in [-0.1, -0.05) is 52.7 Å². The minimum absolute atomic E-state index is 0.851. The van der Waals surface area contributed by atoms with Crippen molar-refractivity contribution in [3.05, 3.63) is 12.2 Å². The van der Waals surface area contributed by atoms with E-state index in [9.17, 15) is 0 Å². The highest BCUT2D eigenvalue weighted by atomic mass is 14.1. The lowest BCUT2D eigenvalue weighted by Gasteiger charge is -2.13. The zero-order valence-corrected chi connectivity index (χ0v) is 10.6. The van der Waals surface area contributed by atoms with Crippen LogP contribution in [0, 0.1) is 11.8 Å². The molecule has 0 aromatic heterocycles. The van der Waals surface area contributed by atoms with Gasteiger partial charge in [-0.15, -0.1) is 0 Å². The van der Waals surface area contributed by atoms with Crippen molar-refractivity contribution >= 4 is 0 Å². The molecule has 0 saturated heterocycles. The average molecular weight is 196 g/mol. The van der Waals surface area contributed by atoms with E-state index in [0.717, 1.165) is 11.8 Å². The molecular formula is C14H28. The Morgan fingerprint density at radius 2 is 1.79 bits per heavy atom. The zero-order valence-electron chi connectivity index (χ0n) is 10.6. The molecule has 0 nitrogen and oxygen atoms in total. The van der Waals surface area contributed by atoms with Gasteiger partial charge >= 0.3 is 0 Å². The summed E-state index contributed by atoms with van der Waals surface area (Å²) in [5.74, 6) is 1.74. The fraction of sp³-hybridized carbons (Fsp3) is 0.857. The van der Waals surface area contributed by atoms with Crippen LogP contribution in [0.25, 0.3) is 0 Å². The Bertz CT molecular complexity index is 144. The zero-order chi connectivity index (χ0) is 11.0. The van der Waals surface area contributed by atoms with Gasteiger partial charge in [0.05, 0.1) is 0 Å². The molecule has 0 aliphatic heterocycles. The molecule has 0 saturated carbocycles. The molecule has 0 aliphatic carbocycles. The maximum Gasteiger partial charge on any atom is -0.0323 e. The van der Waals surface area contributed by atoms with Crippen LogP contribution in [-0.4, -0.2) is 0 Å². The van der Waals surface area contributed by atoms with Crippen molar-refractivity contribution in [1.29, 1.82) is 0 Å². The van der Waals surface area contributed by atoms with E-state index in [4.69, 9.17) is 0 Å². The molecule has 0 aromatic rings. The van der Waals surface area contributed by atoms with Gasteiger partial charge in [0.15, 0.2) is 0 Å². The Hall–Kier alpha value is -0.260. The molecule has 0 rings (SSSR count). The monoisotopic (exact) mass is 196 g/mol. The molecule has 14 heavy (non-hydrogen) atoms. The summed E-state index contributed by atoms with van der Waals surface area (Å²) >= 11 is 0. The SMILES string of the molecule is C=C(CCC)CCCC(C)CC(C)C. The molecule has 0 fully saturated rings. The molecule has 0 aliphatic rings. The fourth-order valence-electron chi connectivity index (χ4n) is 2.10. The third-order valence-electron chi connectivity index (χ3n) is 2.70. The highest BCUT2D eigenvalue weighted by Crippen LogP contribution is 2.19. The summed E-state index contributed by atoms with van der Waals surface area (Å²) < 4.78 is 0. The lowest BCUT2D eigenvalue weighted by atomic mass is 9.93. The summed E-state index contributed by atoms with van der Waals surface area (Å²) in [6.45, 7) is 13.3. The van der Waals surface area contributed by atoms with Crippen LogP contribution in [0.1, 0.15) is 66.2 Å². The molecule has 1 atom stereocenters. The van der Waals surface area contributed by atoms with E-state index in [1.807, 2.05) is 0 Å². The van der Waals surface area contributed by atoms with Gasteiger partial charge in [-0.3, -0.25) is 0 Å². The molecule has 0 spiro atoms. The van der Waals surface area contributed by atoms with Crippen molar-refractivity contribution in [3.8, 4) is 0 Å². The van der Waals surface area contributed by atoms with E-state index in [1.165, 1.54) is 44.1 Å². The predicted molar refractivity (Wildman–Crippen MR) is 66.5 cm³/mol. The predicted octanol–water partition coefficient (Wildman–Crippen LogP) is 5.20. The molecule has 1 unspecified atom stereocenters. The second kappa shape index (κ2) is 8.08. The summed E-state index contributed by atoms with van der Waals surface area (Å²) in [6, 6.07) is 0. The second-order valence-corrected chi connectivity index (χ2v) is 5.13. The summed E-state index contributed by atoms with van der Waals surface area (Å²) in [5.41, 5.74) is 1.45. The Morgan fingerprint density at radius 3 is 2.29 bits per heavy atom. The Balaban J connectivity index is 3.39. The van der Waals surface area contributed by atoms with Crippen LogP contribution in [0.3, 0.4) is 0 Å². The maximum absolute atomic E-state index is 4.10. The first-order valence-electron chi connectivity index (χ1n) is 6.22. The van der Waals surface area contributed by atoms with Crippen LogP contribution in [0.4, 0.5) is 0 Å². The first-order valence-corrected chi connectivity index (χ1v) is 6.22. The molecule has 84 valence electrons. The van der Waals surface area contributed by atoms with Gasteiger partial charge in [-0.2, -0.15) is 0 Å². The Morgan fingerprint density at radius 1 is 1.14 bits per heavy atom. The molecule has 0 bridgehead atoms. The Kier molecular flexibility index (Phi) is 7.93. The summed E-state index contributed by atoms with van der Waals surface area (Å²) in [4.78, 5) is 0. The minimum atomic E-state index is 0.851. The van der Waals surface area contributed by atoms with Crippen molar-refractivity contribution in [2.45, 2.75) is 66.2 Å². The van der Waals surface area contributed by atoms with Crippen molar-refractivity contribution in [3.63, 3.8) is 0 Å². The van der Waals surface area contributed by atoms with E-state index in [1.54, 1.807) is 0 Å². The van der Waals surface area contributed by atoms with Crippen molar-refractivity contribution in [2.75, 3.05) is 0 Å². The lowest BCUT2D eigenvalue weighted by Crippen LogP contribution is -2.00. The van der Waals surface area contributed by atoms with E-state index >= 15 is 0 Å². The van der Waals surface area contributed by atoms with Crippen molar-refractivity contribution < 1.29 is 0 Å². The van der Waals surface area contributed by atoms with Crippen LogP contribution in [0.2, 0.25) is 0 Å². The molecule has 0 radical (unpaired) electrons. The van der Waals surface area contributed by atoms with Gasteiger partial charge in [0.1, 0.15) is 0 Å². The van der Waals surface area contributed by atoms with E-state index in [2.05, 4.69) is 34.3 Å². The third-order valence-corrected chi connectivity index (χ3v) is 2.70. The summed E-state index contributed by atoms with van der Waals surface area (Å²) in [5, 5.41) is 0. The van der Waals surface area contributed by atoms with Crippen LogP contribution in [0.15, 0.2) is 12.2 Å². The first-order chi connectivity index (χ1) is 6.56. The first kappa shape index (κ1) is 13.7. The molecule has 0 N–H and O–H groups in total. The average Bonchev–Trinajstić information content (AvgIpc) is 2.02. The minimum Gasteiger partial charge on any atom is -0.0999 e. The standard InChI is InChI=1S/C14H28/c1-6-8-13(4)9-7-10-14(5)11-12(2)3/h12,14H,4,6-11H2,1-3,5H3. The summed E-state index contributed by atoms with van der Waals surface area (Å²) in [6.07, 6.45) is 7.81. The van der Waals surface area contributed by atoms with Crippen LogP contribution in [-0.2, 0) is 0 Å². The van der Waals surface area contributed by atoms with Gasteiger partial charge in [-0.25, -0.2) is 0 Å². The third kappa shape index (κ3) is 8.34. The molecule has 0 heteroatoms.